The van der Waals surface area contributed by atoms with Crippen molar-refractivity contribution in [1.29, 1.82) is 5.26 Å². The van der Waals surface area contributed by atoms with Gasteiger partial charge in [0.25, 0.3) is 5.69 Å². The van der Waals surface area contributed by atoms with Gasteiger partial charge in [-0.3, -0.25) is 14.9 Å². The minimum atomic E-state index is -0.882. The van der Waals surface area contributed by atoms with E-state index in [1.165, 1.54) is 32.4 Å². The Bertz CT molecular complexity index is 943. The van der Waals surface area contributed by atoms with E-state index in [0.717, 1.165) is 12.1 Å². The number of carbonyl (C=O) groups is 1. The van der Waals surface area contributed by atoms with Gasteiger partial charge in [-0.05, 0) is 29.8 Å². The van der Waals surface area contributed by atoms with Gasteiger partial charge >= 0.3 is 0 Å². The molecule has 0 saturated heterocycles. The molecule has 0 atom stereocenters. The number of benzene rings is 2. The highest BCUT2D eigenvalue weighted by atomic mass is 16.6. The zero-order chi connectivity index (χ0) is 19.3. The average molecular weight is 353 g/mol. The molecular weight excluding hydrogens is 340 g/mol. The molecule has 2 aromatic rings. The zero-order valence-corrected chi connectivity index (χ0v) is 13.9. The summed E-state index contributed by atoms with van der Waals surface area (Å²) >= 11 is 0. The van der Waals surface area contributed by atoms with Crippen molar-refractivity contribution in [2.24, 2.45) is 0 Å². The standard InChI is InChI=1S/C18H14N2O6/c1-25-14-5-3-4-12(9-14)17(21)13(10-19)6-11-7-15(20(23)24)18(22)16(8-11)26-2/h3-9,22H,1-2H3/p-1/b13-6+. The third-order valence-corrected chi connectivity index (χ3v) is 3.48. The summed E-state index contributed by atoms with van der Waals surface area (Å²) in [6, 6.07) is 10.2. The van der Waals surface area contributed by atoms with Gasteiger partial charge in [0.15, 0.2) is 0 Å². The maximum Gasteiger partial charge on any atom is 0.266 e. The van der Waals surface area contributed by atoms with Crippen LogP contribution in [0.15, 0.2) is 42.0 Å². The molecule has 0 amide bonds. The van der Waals surface area contributed by atoms with Crippen LogP contribution in [-0.4, -0.2) is 24.9 Å². The van der Waals surface area contributed by atoms with Crippen LogP contribution in [0.4, 0.5) is 5.69 Å². The van der Waals surface area contributed by atoms with Crippen LogP contribution in [0, 0.1) is 21.4 Å². The Morgan fingerprint density at radius 1 is 1.23 bits per heavy atom. The van der Waals surface area contributed by atoms with Gasteiger partial charge in [0.2, 0.25) is 5.78 Å². The van der Waals surface area contributed by atoms with E-state index in [1.807, 2.05) is 0 Å². The summed E-state index contributed by atoms with van der Waals surface area (Å²) in [5.74, 6) is -1.27. The minimum absolute atomic E-state index is 0.126. The Kier molecular flexibility index (Phi) is 5.55. The molecule has 2 rings (SSSR count). The fourth-order valence-corrected chi connectivity index (χ4v) is 2.21. The molecule has 0 radical (unpaired) electrons. The number of hydrogen-bond donors (Lipinski definition) is 0. The second-order valence-corrected chi connectivity index (χ2v) is 5.06. The van der Waals surface area contributed by atoms with Crippen LogP contribution in [0.3, 0.4) is 0 Å². The molecule has 8 nitrogen and oxygen atoms in total. The van der Waals surface area contributed by atoms with Crippen molar-refractivity contribution < 1.29 is 24.3 Å². The average Bonchev–Trinajstić information content (AvgIpc) is 2.66. The third-order valence-electron chi connectivity index (χ3n) is 3.48. The highest BCUT2D eigenvalue weighted by Crippen LogP contribution is 2.35. The summed E-state index contributed by atoms with van der Waals surface area (Å²) < 4.78 is 9.88. The van der Waals surface area contributed by atoms with Crippen molar-refractivity contribution in [2.45, 2.75) is 0 Å². The highest BCUT2D eigenvalue weighted by Gasteiger charge is 2.16. The summed E-state index contributed by atoms with van der Waals surface area (Å²) in [6.45, 7) is 0. The second kappa shape index (κ2) is 7.81. The van der Waals surface area contributed by atoms with Crippen molar-refractivity contribution in [3.05, 3.63) is 63.2 Å². The number of rotatable bonds is 6. The van der Waals surface area contributed by atoms with Crippen LogP contribution >= 0.6 is 0 Å². The lowest BCUT2D eigenvalue weighted by Gasteiger charge is -2.13. The van der Waals surface area contributed by atoms with Crippen molar-refractivity contribution >= 4 is 17.5 Å². The molecule has 26 heavy (non-hydrogen) atoms. The van der Waals surface area contributed by atoms with Crippen LogP contribution in [0.5, 0.6) is 17.2 Å². The zero-order valence-electron chi connectivity index (χ0n) is 13.9. The van der Waals surface area contributed by atoms with Crippen LogP contribution in [0.1, 0.15) is 15.9 Å². The molecule has 0 heterocycles. The molecule has 8 heteroatoms. The first kappa shape index (κ1) is 18.5. The Labute approximate surface area is 148 Å². The fourth-order valence-electron chi connectivity index (χ4n) is 2.21. The molecule has 0 aliphatic heterocycles. The Hall–Kier alpha value is -3.86. The lowest BCUT2D eigenvalue weighted by atomic mass is 10.0. The molecule has 0 aliphatic carbocycles. The molecule has 2 aromatic carbocycles. The van der Waals surface area contributed by atoms with E-state index >= 15 is 0 Å². The van der Waals surface area contributed by atoms with Crippen LogP contribution < -0.4 is 14.6 Å². The normalized spacial score (nSPS) is 10.7. The van der Waals surface area contributed by atoms with E-state index in [4.69, 9.17) is 9.47 Å². The molecule has 0 aromatic heterocycles. The second-order valence-electron chi connectivity index (χ2n) is 5.06. The number of methoxy groups -OCH3 is 2. The van der Waals surface area contributed by atoms with Crippen molar-refractivity contribution in [3.8, 4) is 23.3 Å². The van der Waals surface area contributed by atoms with Crippen LogP contribution in [-0.2, 0) is 0 Å². The first-order chi connectivity index (χ1) is 12.4. The summed E-state index contributed by atoms with van der Waals surface area (Å²) in [5, 5.41) is 32.2. The van der Waals surface area contributed by atoms with E-state index in [9.17, 15) is 25.3 Å². The first-order valence-electron chi connectivity index (χ1n) is 7.25. The van der Waals surface area contributed by atoms with E-state index in [0.29, 0.717) is 5.75 Å². The van der Waals surface area contributed by atoms with E-state index in [-0.39, 0.29) is 22.4 Å². The number of nitriles is 1. The summed E-state index contributed by atoms with van der Waals surface area (Å²) in [7, 11) is 2.64. The number of hydrogen-bond acceptors (Lipinski definition) is 7. The minimum Gasteiger partial charge on any atom is -0.865 e. The van der Waals surface area contributed by atoms with Crippen molar-refractivity contribution in [2.75, 3.05) is 14.2 Å². The van der Waals surface area contributed by atoms with Crippen LogP contribution in [0.2, 0.25) is 0 Å². The molecule has 0 bridgehead atoms. The molecule has 0 unspecified atom stereocenters. The van der Waals surface area contributed by atoms with E-state index in [2.05, 4.69) is 0 Å². The van der Waals surface area contributed by atoms with E-state index in [1.54, 1.807) is 18.2 Å². The lowest BCUT2D eigenvalue weighted by Crippen LogP contribution is -2.04. The number of allylic oxidation sites excluding steroid dienone is 1. The molecule has 0 fully saturated rings. The van der Waals surface area contributed by atoms with Crippen molar-refractivity contribution in [1.82, 2.24) is 0 Å². The van der Waals surface area contributed by atoms with Gasteiger partial charge in [-0.1, -0.05) is 12.1 Å². The lowest BCUT2D eigenvalue weighted by molar-refractivity contribution is -0.398. The van der Waals surface area contributed by atoms with Gasteiger partial charge in [0.05, 0.1) is 19.1 Å². The predicted molar refractivity (Wildman–Crippen MR) is 90.0 cm³/mol. The summed E-state index contributed by atoms with van der Waals surface area (Å²) in [5.41, 5.74) is -0.616. The highest BCUT2D eigenvalue weighted by molar-refractivity contribution is 6.14. The monoisotopic (exact) mass is 353 g/mol. The van der Waals surface area contributed by atoms with Gasteiger partial charge in [0, 0.05) is 17.4 Å². The van der Waals surface area contributed by atoms with Gasteiger partial charge in [0.1, 0.15) is 23.1 Å². The molecule has 0 saturated carbocycles. The van der Waals surface area contributed by atoms with Gasteiger partial charge in [-0.25, -0.2) is 0 Å². The first-order valence-corrected chi connectivity index (χ1v) is 7.25. The maximum atomic E-state index is 12.5. The predicted octanol–water partition coefficient (Wildman–Crippen LogP) is 2.48. The van der Waals surface area contributed by atoms with Gasteiger partial charge in [-0.15, -0.1) is 0 Å². The van der Waals surface area contributed by atoms with Gasteiger partial charge in [-0.2, -0.15) is 5.26 Å². The van der Waals surface area contributed by atoms with Crippen molar-refractivity contribution in [3.63, 3.8) is 0 Å². The number of nitrogens with zero attached hydrogens (tertiary/aromatic N) is 2. The number of carbonyl (C=O) groups excluding carboxylic acids is 1. The topological polar surface area (TPSA) is 126 Å². The SMILES string of the molecule is COc1cccc(C(=O)/C(C#N)=C/c2cc(OC)c([O-])c([N+](=O)[O-])c2)c1. The maximum absolute atomic E-state index is 12.5. The fraction of sp³-hybridized carbons (Fsp3) is 0.111. The number of nitro benzene ring substituents is 1. The number of ketones is 1. The molecule has 0 aliphatic rings. The largest absolute Gasteiger partial charge is 0.865 e. The number of ether oxygens (including phenoxy) is 2. The number of Topliss-reactive ketones (excluding diaryl/α,β-unsaturated/α-hetero) is 1. The Balaban J connectivity index is 2.51. The quantitative estimate of drug-likeness (QED) is 0.257. The third kappa shape index (κ3) is 3.79. The molecule has 0 N–H and O–H groups in total. The Morgan fingerprint density at radius 2 is 1.96 bits per heavy atom. The van der Waals surface area contributed by atoms with E-state index < -0.39 is 22.1 Å². The molecule has 132 valence electrons. The number of nitro groups is 1. The summed E-state index contributed by atoms with van der Waals surface area (Å²) in [6.07, 6.45) is 1.16. The van der Waals surface area contributed by atoms with Crippen LogP contribution in [0.25, 0.3) is 6.08 Å². The smallest absolute Gasteiger partial charge is 0.266 e. The molecular formula is C18H13N2O6-. The molecule has 0 spiro atoms. The van der Waals surface area contributed by atoms with Gasteiger partial charge < -0.3 is 14.6 Å². The Morgan fingerprint density at radius 3 is 2.54 bits per heavy atom. The summed E-state index contributed by atoms with van der Waals surface area (Å²) in [4.78, 5) is 22.7.